The molecule has 1 amide bonds. The van der Waals surface area contributed by atoms with Crippen molar-refractivity contribution in [2.75, 3.05) is 18.1 Å². The number of aliphatic hydroxyl groups excluding tert-OH is 1. The summed E-state index contributed by atoms with van der Waals surface area (Å²) in [5.74, 6) is -0.0900. The minimum absolute atomic E-state index is 0.0900. The first-order valence-corrected chi connectivity index (χ1v) is 6.78. The lowest BCUT2D eigenvalue weighted by molar-refractivity contribution is -0.122. The van der Waals surface area contributed by atoms with Crippen molar-refractivity contribution in [1.82, 2.24) is 5.32 Å². The number of aryl methyl sites for hydroxylation is 2. The fourth-order valence-corrected chi connectivity index (χ4v) is 2.67. The zero-order chi connectivity index (χ0) is 14.0. The Morgan fingerprint density at radius 3 is 2.84 bits per heavy atom. The largest absolute Gasteiger partial charge is 0.394 e. The molecular formula is C15H22N2O2. The first kappa shape index (κ1) is 13.9. The van der Waals surface area contributed by atoms with Crippen LogP contribution in [0.1, 0.15) is 24.5 Å². The maximum absolute atomic E-state index is 12.1. The number of nitrogens with one attached hydrogen (secondary N) is 1. The van der Waals surface area contributed by atoms with Crippen LogP contribution in [0.3, 0.4) is 0 Å². The SMILES string of the molecule is Cc1ccc(C)c(N2C(C)CCNC(=O)C2CO)c1. The molecule has 2 N–H and O–H groups in total. The molecule has 0 aromatic heterocycles. The van der Waals surface area contributed by atoms with Gasteiger partial charge in [0.25, 0.3) is 0 Å². The third kappa shape index (κ3) is 2.73. The molecule has 1 fully saturated rings. The van der Waals surface area contributed by atoms with Crippen LogP contribution in [-0.4, -0.2) is 36.2 Å². The van der Waals surface area contributed by atoms with Gasteiger partial charge in [-0.15, -0.1) is 0 Å². The topological polar surface area (TPSA) is 52.6 Å². The molecule has 1 aliphatic rings. The summed E-state index contributed by atoms with van der Waals surface area (Å²) in [5.41, 5.74) is 3.34. The van der Waals surface area contributed by atoms with Crippen LogP contribution in [0.2, 0.25) is 0 Å². The van der Waals surface area contributed by atoms with Crippen LogP contribution in [0.25, 0.3) is 0 Å². The van der Waals surface area contributed by atoms with Crippen LogP contribution in [-0.2, 0) is 4.79 Å². The molecule has 19 heavy (non-hydrogen) atoms. The van der Waals surface area contributed by atoms with Crippen molar-refractivity contribution >= 4 is 11.6 Å². The Morgan fingerprint density at radius 1 is 1.42 bits per heavy atom. The summed E-state index contributed by atoms with van der Waals surface area (Å²) < 4.78 is 0. The van der Waals surface area contributed by atoms with Crippen molar-refractivity contribution in [3.05, 3.63) is 29.3 Å². The minimum atomic E-state index is -0.502. The van der Waals surface area contributed by atoms with E-state index in [4.69, 9.17) is 0 Å². The third-order valence-electron chi connectivity index (χ3n) is 3.79. The van der Waals surface area contributed by atoms with Crippen molar-refractivity contribution in [2.24, 2.45) is 0 Å². The highest BCUT2D eigenvalue weighted by Gasteiger charge is 2.32. The molecule has 0 saturated carbocycles. The predicted octanol–water partition coefficient (Wildman–Crippen LogP) is 1.38. The molecule has 4 nitrogen and oxygen atoms in total. The van der Waals surface area contributed by atoms with Gasteiger partial charge < -0.3 is 15.3 Å². The van der Waals surface area contributed by atoms with Crippen molar-refractivity contribution in [1.29, 1.82) is 0 Å². The first-order chi connectivity index (χ1) is 9.04. The van der Waals surface area contributed by atoms with E-state index in [1.54, 1.807) is 0 Å². The van der Waals surface area contributed by atoms with Crippen molar-refractivity contribution in [2.45, 2.75) is 39.3 Å². The molecule has 104 valence electrons. The molecule has 0 radical (unpaired) electrons. The number of aliphatic hydroxyl groups is 1. The van der Waals surface area contributed by atoms with Gasteiger partial charge in [-0.05, 0) is 44.4 Å². The normalized spacial score (nSPS) is 24.0. The smallest absolute Gasteiger partial charge is 0.245 e. The third-order valence-corrected chi connectivity index (χ3v) is 3.79. The number of amides is 1. The molecule has 2 atom stereocenters. The highest BCUT2D eigenvalue weighted by Crippen LogP contribution is 2.27. The lowest BCUT2D eigenvalue weighted by Gasteiger charge is -2.35. The number of carbonyl (C=O) groups excluding carboxylic acids is 1. The van der Waals surface area contributed by atoms with E-state index in [-0.39, 0.29) is 18.6 Å². The summed E-state index contributed by atoms with van der Waals surface area (Å²) in [6.45, 7) is 6.68. The van der Waals surface area contributed by atoms with E-state index >= 15 is 0 Å². The molecule has 2 unspecified atom stereocenters. The zero-order valence-electron chi connectivity index (χ0n) is 11.8. The van der Waals surface area contributed by atoms with E-state index in [1.165, 1.54) is 0 Å². The highest BCUT2D eigenvalue weighted by atomic mass is 16.3. The van der Waals surface area contributed by atoms with Crippen LogP contribution in [0.5, 0.6) is 0 Å². The molecule has 1 aromatic carbocycles. The van der Waals surface area contributed by atoms with E-state index in [1.807, 2.05) is 13.8 Å². The lowest BCUT2D eigenvalue weighted by atomic mass is 10.0. The Hall–Kier alpha value is -1.55. The molecule has 0 spiro atoms. The van der Waals surface area contributed by atoms with Crippen LogP contribution in [0, 0.1) is 13.8 Å². The molecule has 1 aromatic rings. The number of anilines is 1. The monoisotopic (exact) mass is 262 g/mol. The number of benzene rings is 1. The van der Waals surface area contributed by atoms with Crippen LogP contribution >= 0.6 is 0 Å². The average molecular weight is 262 g/mol. The second-order valence-corrected chi connectivity index (χ2v) is 5.32. The molecule has 4 heteroatoms. The Kier molecular flexibility index (Phi) is 4.10. The highest BCUT2D eigenvalue weighted by molar-refractivity contribution is 5.86. The molecular weight excluding hydrogens is 240 g/mol. The van der Waals surface area contributed by atoms with Gasteiger partial charge in [0.05, 0.1) is 6.61 Å². The molecule has 0 aliphatic carbocycles. The van der Waals surface area contributed by atoms with Crippen molar-refractivity contribution < 1.29 is 9.90 Å². The van der Waals surface area contributed by atoms with Gasteiger partial charge in [0.15, 0.2) is 0 Å². The summed E-state index contributed by atoms with van der Waals surface area (Å²) in [7, 11) is 0. The number of hydrogen-bond acceptors (Lipinski definition) is 3. The van der Waals surface area contributed by atoms with Crippen molar-refractivity contribution in [3.63, 3.8) is 0 Å². The minimum Gasteiger partial charge on any atom is -0.394 e. The Balaban J connectivity index is 2.47. The average Bonchev–Trinajstić information content (AvgIpc) is 2.51. The predicted molar refractivity (Wildman–Crippen MR) is 76.4 cm³/mol. The summed E-state index contributed by atoms with van der Waals surface area (Å²) in [6.07, 6.45) is 0.885. The van der Waals surface area contributed by atoms with Crippen LogP contribution in [0.4, 0.5) is 5.69 Å². The molecule has 1 heterocycles. The molecule has 2 rings (SSSR count). The van der Waals surface area contributed by atoms with E-state index in [2.05, 4.69) is 35.3 Å². The number of carbonyl (C=O) groups is 1. The first-order valence-electron chi connectivity index (χ1n) is 6.78. The summed E-state index contributed by atoms with van der Waals surface area (Å²) in [4.78, 5) is 14.1. The number of hydrogen-bond donors (Lipinski definition) is 2. The van der Waals surface area contributed by atoms with Gasteiger partial charge in [-0.25, -0.2) is 0 Å². The second-order valence-electron chi connectivity index (χ2n) is 5.32. The lowest BCUT2D eigenvalue weighted by Crippen LogP contribution is -2.49. The van der Waals surface area contributed by atoms with Gasteiger partial charge in [-0.1, -0.05) is 12.1 Å². The van der Waals surface area contributed by atoms with Gasteiger partial charge in [0, 0.05) is 18.3 Å². The molecule has 1 aliphatic heterocycles. The van der Waals surface area contributed by atoms with Crippen molar-refractivity contribution in [3.8, 4) is 0 Å². The van der Waals surface area contributed by atoms with Crippen LogP contribution in [0.15, 0.2) is 18.2 Å². The molecule has 0 bridgehead atoms. The van der Waals surface area contributed by atoms with E-state index < -0.39 is 6.04 Å². The molecule has 1 saturated heterocycles. The second kappa shape index (κ2) is 5.61. The zero-order valence-corrected chi connectivity index (χ0v) is 11.8. The summed E-state index contributed by atoms with van der Waals surface area (Å²) in [6, 6.07) is 5.94. The Morgan fingerprint density at radius 2 is 2.16 bits per heavy atom. The number of nitrogens with zero attached hydrogens (tertiary/aromatic N) is 1. The Bertz CT molecular complexity index is 473. The van der Waals surface area contributed by atoms with Gasteiger partial charge in [0.2, 0.25) is 5.91 Å². The quantitative estimate of drug-likeness (QED) is 0.846. The maximum atomic E-state index is 12.1. The van der Waals surface area contributed by atoms with Crippen LogP contribution < -0.4 is 10.2 Å². The van der Waals surface area contributed by atoms with Gasteiger partial charge in [-0.2, -0.15) is 0 Å². The fraction of sp³-hybridized carbons (Fsp3) is 0.533. The van der Waals surface area contributed by atoms with E-state index in [9.17, 15) is 9.90 Å². The number of rotatable bonds is 2. The Labute approximate surface area is 114 Å². The van der Waals surface area contributed by atoms with Gasteiger partial charge in [0.1, 0.15) is 6.04 Å². The van der Waals surface area contributed by atoms with E-state index in [0.717, 1.165) is 23.2 Å². The van der Waals surface area contributed by atoms with Gasteiger partial charge in [-0.3, -0.25) is 4.79 Å². The fourth-order valence-electron chi connectivity index (χ4n) is 2.67. The maximum Gasteiger partial charge on any atom is 0.245 e. The van der Waals surface area contributed by atoms with Gasteiger partial charge >= 0.3 is 0 Å². The standard InChI is InChI=1S/C15H22N2O2/c1-10-4-5-11(2)13(8-10)17-12(3)6-7-16-15(19)14(17)9-18/h4-5,8,12,14,18H,6-7,9H2,1-3H3,(H,16,19). The summed E-state index contributed by atoms with van der Waals surface area (Å²) >= 11 is 0. The summed E-state index contributed by atoms with van der Waals surface area (Å²) in [5, 5.41) is 12.5. The van der Waals surface area contributed by atoms with E-state index in [0.29, 0.717) is 6.54 Å².